The van der Waals surface area contributed by atoms with Crippen LogP contribution >= 0.6 is 0 Å². The predicted octanol–water partition coefficient (Wildman–Crippen LogP) is 2.91. The highest BCUT2D eigenvalue weighted by atomic mass is 16.5. The molecule has 1 atom stereocenters. The SMILES string of the molecule is COc1cccc(NC(=O)CC2CCCN(c3cnn(CC4CC4)c(=O)c3)C2)c1. The summed E-state index contributed by atoms with van der Waals surface area (Å²) in [5, 5.41) is 7.32. The minimum Gasteiger partial charge on any atom is -0.497 e. The lowest BCUT2D eigenvalue weighted by Crippen LogP contribution is -2.38. The van der Waals surface area contributed by atoms with Gasteiger partial charge < -0.3 is 15.0 Å². The van der Waals surface area contributed by atoms with E-state index >= 15 is 0 Å². The van der Waals surface area contributed by atoms with E-state index in [1.807, 2.05) is 24.3 Å². The van der Waals surface area contributed by atoms with Crippen molar-refractivity contribution >= 4 is 17.3 Å². The van der Waals surface area contributed by atoms with E-state index in [9.17, 15) is 9.59 Å². The van der Waals surface area contributed by atoms with Crippen LogP contribution in [0, 0.1) is 11.8 Å². The number of benzene rings is 1. The number of anilines is 2. The van der Waals surface area contributed by atoms with E-state index < -0.39 is 0 Å². The molecule has 154 valence electrons. The quantitative estimate of drug-likeness (QED) is 0.779. The van der Waals surface area contributed by atoms with Gasteiger partial charge in [0.2, 0.25) is 5.91 Å². The van der Waals surface area contributed by atoms with E-state index in [-0.39, 0.29) is 17.4 Å². The predicted molar refractivity (Wildman–Crippen MR) is 112 cm³/mol. The molecule has 1 aromatic heterocycles. The highest BCUT2D eigenvalue weighted by Gasteiger charge is 2.25. The van der Waals surface area contributed by atoms with Gasteiger partial charge >= 0.3 is 0 Å². The molecule has 2 fully saturated rings. The number of nitrogens with zero attached hydrogens (tertiary/aromatic N) is 3. The molecule has 1 unspecified atom stereocenters. The fourth-order valence-corrected chi connectivity index (χ4v) is 3.92. The molecule has 1 saturated carbocycles. The van der Waals surface area contributed by atoms with Crippen LogP contribution in [0.1, 0.15) is 32.1 Å². The third kappa shape index (κ3) is 5.16. The smallest absolute Gasteiger partial charge is 0.268 e. The molecule has 0 spiro atoms. The van der Waals surface area contributed by atoms with Crippen LogP contribution in [-0.2, 0) is 11.3 Å². The van der Waals surface area contributed by atoms with Crippen LogP contribution in [0.25, 0.3) is 0 Å². The van der Waals surface area contributed by atoms with Crippen LogP contribution in [0.4, 0.5) is 11.4 Å². The van der Waals surface area contributed by atoms with E-state index in [1.165, 1.54) is 12.8 Å². The number of hydrogen-bond donors (Lipinski definition) is 1. The number of methoxy groups -OCH3 is 1. The van der Waals surface area contributed by atoms with Crippen molar-refractivity contribution in [2.75, 3.05) is 30.4 Å². The minimum atomic E-state index is -0.0349. The van der Waals surface area contributed by atoms with Crippen LogP contribution in [-0.4, -0.2) is 35.9 Å². The van der Waals surface area contributed by atoms with Crippen molar-refractivity contribution in [3.63, 3.8) is 0 Å². The van der Waals surface area contributed by atoms with E-state index in [0.29, 0.717) is 12.3 Å². The third-order valence-electron chi connectivity index (χ3n) is 5.69. The van der Waals surface area contributed by atoms with E-state index in [2.05, 4.69) is 15.3 Å². The number of ether oxygens (including phenoxy) is 1. The minimum absolute atomic E-state index is 0.00285. The van der Waals surface area contributed by atoms with Gasteiger partial charge in [-0.15, -0.1) is 0 Å². The number of aromatic nitrogens is 2. The summed E-state index contributed by atoms with van der Waals surface area (Å²) >= 11 is 0. The summed E-state index contributed by atoms with van der Waals surface area (Å²) in [4.78, 5) is 27.0. The second-order valence-corrected chi connectivity index (χ2v) is 8.12. The second-order valence-electron chi connectivity index (χ2n) is 8.12. The zero-order chi connectivity index (χ0) is 20.2. The Morgan fingerprint density at radius 1 is 1.24 bits per heavy atom. The molecule has 1 aliphatic heterocycles. The van der Waals surface area contributed by atoms with Gasteiger partial charge in [-0.25, -0.2) is 4.68 Å². The monoisotopic (exact) mass is 396 g/mol. The number of piperidine rings is 1. The van der Waals surface area contributed by atoms with Gasteiger partial charge in [-0.1, -0.05) is 6.07 Å². The average molecular weight is 396 g/mol. The molecule has 7 heteroatoms. The third-order valence-corrected chi connectivity index (χ3v) is 5.69. The number of nitrogens with one attached hydrogen (secondary N) is 1. The van der Waals surface area contributed by atoms with E-state index in [4.69, 9.17) is 4.74 Å². The van der Waals surface area contributed by atoms with Gasteiger partial charge in [-0.05, 0) is 49.7 Å². The fourth-order valence-electron chi connectivity index (χ4n) is 3.92. The Labute approximate surface area is 170 Å². The summed E-state index contributed by atoms with van der Waals surface area (Å²) in [7, 11) is 1.61. The molecule has 7 nitrogen and oxygen atoms in total. The molecule has 1 aliphatic carbocycles. The maximum atomic E-state index is 12.5. The Kier molecular flexibility index (Phi) is 5.83. The molecule has 4 rings (SSSR count). The first-order valence-electron chi connectivity index (χ1n) is 10.4. The lowest BCUT2D eigenvalue weighted by atomic mass is 9.94. The molecule has 0 bridgehead atoms. The maximum Gasteiger partial charge on any atom is 0.268 e. The largest absolute Gasteiger partial charge is 0.497 e. The fraction of sp³-hybridized carbons (Fsp3) is 0.500. The van der Waals surface area contributed by atoms with Crippen molar-refractivity contribution in [3.8, 4) is 5.75 Å². The van der Waals surface area contributed by atoms with Gasteiger partial charge in [-0.3, -0.25) is 9.59 Å². The van der Waals surface area contributed by atoms with Gasteiger partial charge in [0.25, 0.3) is 5.56 Å². The molecule has 2 aromatic rings. The summed E-state index contributed by atoms with van der Waals surface area (Å²) < 4.78 is 6.77. The van der Waals surface area contributed by atoms with Crippen molar-refractivity contribution in [2.45, 2.75) is 38.6 Å². The first-order valence-corrected chi connectivity index (χ1v) is 10.4. The number of hydrogen-bond acceptors (Lipinski definition) is 5. The van der Waals surface area contributed by atoms with Crippen LogP contribution in [0.15, 0.2) is 41.3 Å². The molecular formula is C22H28N4O3. The standard InChI is InChI=1S/C22H28N4O3/c1-29-20-6-2-5-18(11-20)24-21(27)10-17-4-3-9-25(14-17)19-12-22(28)26(23-13-19)15-16-7-8-16/h2,5-6,11-13,16-17H,3-4,7-10,14-15H2,1H3,(H,24,27). The summed E-state index contributed by atoms with van der Waals surface area (Å²) in [5.41, 5.74) is 1.57. The number of carbonyl (C=O) groups excluding carboxylic acids is 1. The highest BCUT2D eigenvalue weighted by Crippen LogP contribution is 2.30. The molecule has 29 heavy (non-hydrogen) atoms. The molecule has 1 aromatic carbocycles. The Hall–Kier alpha value is -2.83. The number of amides is 1. The topological polar surface area (TPSA) is 76.5 Å². The maximum absolute atomic E-state index is 12.5. The van der Waals surface area contributed by atoms with Crippen LogP contribution in [0.5, 0.6) is 5.75 Å². The van der Waals surface area contributed by atoms with Crippen molar-refractivity contribution < 1.29 is 9.53 Å². The Morgan fingerprint density at radius 2 is 2.10 bits per heavy atom. The van der Waals surface area contributed by atoms with Crippen LogP contribution in [0.3, 0.4) is 0 Å². The molecular weight excluding hydrogens is 368 g/mol. The first-order chi connectivity index (χ1) is 14.1. The highest BCUT2D eigenvalue weighted by molar-refractivity contribution is 5.91. The molecule has 0 radical (unpaired) electrons. The van der Waals surface area contributed by atoms with Gasteiger partial charge in [0.05, 0.1) is 19.0 Å². The Morgan fingerprint density at radius 3 is 2.86 bits per heavy atom. The zero-order valence-corrected chi connectivity index (χ0v) is 16.8. The normalized spacial score (nSPS) is 19.1. The summed E-state index contributed by atoms with van der Waals surface area (Å²) in [5.74, 6) is 1.59. The van der Waals surface area contributed by atoms with Gasteiger partial charge in [0, 0.05) is 43.9 Å². The summed E-state index contributed by atoms with van der Waals surface area (Å²) in [6.45, 7) is 2.38. The number of rotatable bonds is 7. The zero-order valence-electron chi connectivity index (χ0n) is 16.8. The molecule has 2 aliphatic rings. The Bertz CT molecular complexity index is 922. The molecule has 1 amide bonds. The molecule has 1 N–H and O–H groups in total. The van der Waals surface area contributed by atoms with E-state index in [1.54, 1.807) is 24.1 Å². The van der Waals surface area contributed by atoms with Gasteiger partial charge in [0.1, 0.15) is 5.75 Å². The van der Waals surface area contributed by atoms with Crippen LogP contribution < -0.4 is 20.5 Å². The van der Waals surface area contributed by atoms with Crippen molar-refractivity contribution in [1.29, 1.82) is 0 Å². The molecule has 2 heterocycles. The van der Waals surface area contributed by atoms with Crippen molar-refractivity contribution in [1.82, 2.24) is 9.78 Å². The molecule has 1 saturated heterocycles. The lowest BCUT2D eigenvalue weighted by Gasteiger charge is -2.34. The van der Waals surface area contributed by atoms with E-state index in [0.717, 1.165) is 49.6 Å². The van der Waals surface area contributed by atoms with Gasteiger partial charge in [-0.2, -0.15) is 5.10 Å². The lowest BCUT2D eigenvalue weighted by molar-refractivity contribution is -0.117. The van der Waals surface area contributed by atoms with Gasteiger partial charge in [0.15, 0.2) is 0 Å². The van der Waals surface area contributed by atoms with Crippen molar-refractivity contribution in [2.24, 2.45) is 11.8 Å². The van der Waals surface area contributed by atoms with Crippen molar-refractivity contribution in [3.05, 3.63) is 46.9 Å². The second kappa shape index (κ2) is 8.68. The Balaban J connectivity index is 1.34. The average Bonchev–Trinajstić information content (AvgIpc) is 3.54. The van der Waals surface area contributed by atoms with Crippen LogP contribution in [0.2, 0.25) is 0 Å². The summed E-state index contributed by atoms with van der Waals surface area (Å²) in [6.07, 6.45) is 6.65. The summed E-state index contributed by atoms with van der Waals surface area (Å²) in [6, 6.07) is 9.06. The number of carbonyl (C=O) groups is 1. The first kappa shape index (κ1) is 19.5.